The molecular weight excluding hydrogens is 452 g/mol. The second kappa shape index (κ2) is 11.1. The van der Waals surface area contributed by atoms with Crippen LogP contribution in [-0.2, 0) is 4.74 Å². The third-order valence-electron chi connectivity index (χ3n) is 6.31. The molecule has 0 spiro atoms. The predicted octanol–water partition coefficient (Wildman–Crippen LogP) is 5.07. The Morgan fingerprint density at radius 2 is 2.08 bits per heavy atom. The topological polar surface area (TPSA) is 114 Å². The zero-order valence-corrected chi connectivity index (χ0v) is 20.7. The van der Waals surface area contributed by atoms with E-state index in [0.717, 1.165) is 23.5 Å². The van der Waals surface area contributed by atoms with Crippen LogP contribution in [0.5, 0.6) is 0 Å². The minimum Gasteiger partial charge on any atom is -0.378 e. The van der Waals surface area contributed by atoms with Crippen LogP contribution >= 0.6 is 0 Å². The Morgan fingerprint density at radius 3 is 2.81 bits per heavy atom. The lowest BCUT2D eigenvalue weighted by molar-refractivity contribution is 0.00354. The number of nitriles is 1. The number of nitrogens with zero attached hydrogens (tertiary/aromatic N) is 3. The highest BCUT2D eigenvalue weighted by Gasteiger charge is 2.23. The summed E-state index contributed by atoms with van der Waals surface area (Å²) in [5, 5.41) is 23.6. The van der Waals surface area contributed by atoms with Crippen molar-refractivity contribution in [2.75, 3.05) is 37.4 Å². The monoisotopic (exact) mass is 482 g/mol. The SMILES string of the molecule is CC(C)c1c(C#N)cccc1C(=O)Nc1ccc(C=N)c(Nc2ccnc(C3COCCN3C)c2)c1. The maximum atomic E-state index is 13.2. The van der Waals surface area contributed by atoms with Gasteiger partial charge in [-0.1, -0.05) is 19.9 Å². The van der Waals surface area contributed by atoms with Crippen molar-refractivity contribution >= 4 is 29.2 Å². The fourth-order valence-electron chi connectivity index (χ4n) is 4.41. The second-order valence-corrected chi connectivity index (χ2v) is 9.10. The molecule has 1 fully saturated rings. The van der Waals surface area contributed by atoms with E-state index in [0.29, 0.717) is 41.3 Å². The molecule has 1 aromatic heterocycles. The normalized spacial score (nSPS) is 15.8. The van der Waals surface area contributed by atoms with E-state index in [1.54, 1.807) is 42.6 Å². The summed E-state index contributed by atoms with van der Waals surface area (Å²) in [5.41, 5.74) is 5.39. The van der Waals surface area contributed by atoms with Crippen molar-refractivity contribution < 1.29 is 9.53 Å². The average molecular weight is 483 g/mol. The first-order chi connectivity index (χ1) is 17.4. The van der Waals surface area contributed by atoms with Crippen molar-refractivity contribution in [2.24, 2.45) is 0 Å². The lowest BCUT2D eigenvalue weighted by atomic mass is 9.92. The minimum absolute atomic E-state index is 0.0219. The number of nitrogens with one attached hydrogen (secondary N) is 3. The maximum Gasteiger partial charge on any atom is 0.255 e. The highest BCUT2D eigenvalue weighted by molar-refractivity contribution is 6.06. The number of morpholine rings is 1. The molecule has 1 aliphatic heterocycles. The number of likely N-dealkylation sites (N-methyl/N-ethyl adjacent to an activating group) is 1. The summed E-state index contributed by atoms with van der Waals surface area (Å²) in [6.45, 7) is 6.08. The number of rotatable bonds is 7. The van der Waals surface area contributed by atoms with Crippen LogP contribution in [0.2, 0.25) is 0 Å². The van der Waals surface area contributed by atoms with Crippen LogP contribution in [0.1, 0.15) is 58.5 Å². The first-order valence-corrected chi connectivity index (χ1v) is 11.9. The van der Waals surface area contributed by atoms with E-state index in [1.165, 1.54) is 6.21 Å². The molecule has 1 atom stereocenters. The van der Waals surface area contributed by atoms with Gasteiger partial charge in [0.1, 0.15) is 0 Å². The van der Waals surface area contributed by atoms with Crippen LogP contribution in [0.25, 0.3) is 0 Å². The van der Waals surface area contributed by atoms with E-state index in [9.17, 15) is 10.1 Å². The third kappa shape index (κ3) is 5.43. The number of pyridine rings is 1. The molecule has 3 aromatic rings. The molecule has 1 aliphatic rings. The highest BCUT2D eigenvalue weighted by Crippen LogP contribution is 2.29. The number of anilines is 3. The van der Waals surface area contributed by atoms with Crippen molar-refractivity contribution in [3.05, 3.63) is 82.7 Å². The van der Waals surface area contributed by atoms with Gasteiger partial charge in [0.15, 0.2) is 0 Å². The maximum absolute atomic E-state index is 13.2. The first-order valence-electron chi connectivity index (χ1n) is 11.9. The molecule has 2 aromatic carbocycles. The van der Waals surface area contributed by atoms with Gasteiger partial charge in [-0.25, -0.2) is 0 Å². The number of carbonyl (C=O) groups is 1. The Balaban J connectivity index is 1.59. The Hall–Kier alpha value is -4.06. The number of carbonyl (C=O) groups excluding carboxylic acids is 1. The number of ether oxygens (including phenoxy) is 1. The molecule has 4 rings (SSSR count). The Labute approximate surface area is 211 Å². The molecule has 8 heteroatoms. The van der Waals surface area contributed by atoms with E-state index >= 15 is 0 Å². The van der Waals surface area contributed by atoms with Gasteiger partial charge in [-0.3, -0.25) is 14.7 Å². The standard InChI is InChI=1S/C28H30N6O2/c1-18(2)27-20(16-30)5-4-6-23(27)28(35)33-21-8-7-19(15-29)24(13-21)32-22-9-10-31-25(14-22)26-17-36-12-11-34(26)3/h4-10,13-15,18,26,29H,11-12,17H2,1-3H3,(H,31,32)(H,33,35). The molecule has 1 unspecified atom stereocenters. The highest BCUT2D eigenvalue weighted by atomic mass is 16.5. The molecule has 2 heterocycles. The first kappa shape index (κ1) is 25.0. The van der Waals surface area contributed by atoms with Gasteiger partial charge in [-0.2, -0.15) is 5.26 Å². The van der Waals surface area contributed by atoms with Crippen LogP contribution < -0.4 is 10.6 Å². The number of amides is 1. The molecule has 3 N–H and O–H groups in total. The van der Waals surface area contributed by atoms with E-state index in [1.807, 2.05) is 26.0 Å². The third-order valence-corrected chi connectivity index (χ3v) is 6.31. The van der Waals surface area contributed by atoms with Gasteiger partial charge in [-0.05, 0) is 61.0 Å². The van der Waals surface area contributed by atoms with Gasteiger partial charge in [0.2, 0.25) is 0 Å². The summed E-state index contributed by atoms with van der Waals surface area (Å²) >= 11 is 0. The molecule has 0 radical (unpaired) electrons. The second-order valence-electron chi connectivity index (χ2n) is 9.10. The van der Waals surface area contributed by atoms with Crippen molar-refractivity contribution in [1.29, 1.82) is 10.7 Å². The van der Waals surface area contributed by atoms with Gasteiger partial charge in [0.25, 0.3) is 5.91 Å². The van der Waals surface area contributed by atoms with Crippen LogP contribution in [0, 0.1) is 16.7 Å². The fraction of sp³-hybridized carbons (Fsp3) is 0.286. The molecule has 1 amide bonds. The van der Waals surface area contributed by atoms with E-state index in [4.69, 9.17) is 10.1 Å². The summed E-state index contributed by atoms with van der Waals surface area (Å²) in [5.74, 6) is -0.260. The van der Waals surface area contributed by atoms with Crippen LogP contribution in [0.15, 0.2) is 54.7 Å². The van der Waals surface area contributed by atoms with Crippen molar-refractivity contribution in [3.63, 3.8) is 0 Å². The van der Waals surface area contributed by atoms with Gasteiger partial charge >= 0.3 is 0 Å². The predicted molar refractivity (Wildman–Crippen MR) is 141 cm³/mol. The smallest absolute Gasteiger partial charge is 0.255 e. The Bertz CT molecular complexity index is 1310. The Morgan fingerprint density at radius 1 is 1.25 bits per heavy atom. The molecule has 1 saturated heterocycles. The summed E-state index contributed by atoms with van der Waals surface area (Å²) in [7, 11) is 2.06. The lowest BCUT2D eigenvalue weighted by Gasteiger charge is -2.32. The van der Waals surface area contributed by atoms with Crippen molar-refractivity contribution in [2.45, 2.75) is 25.8 Å². The number of hydrogen-bond acceptors (Lipinski definition) is 7. The molecule has 0 aliphatic carbocycles. The quantitative estimate of drug-likeness (QED) is 0.405. The Kier molecular flexibility index (Phi) is 7.74. The van der Waals surface area contributed by atoms with E-state index in [-0.39, 0.29) is 17.9 Å². The summed E-state index contributed by atoms with van der Waals surface area (Å²) in [6.07, 6.45) is 3.03. The molecule has 184 valence electrons. The van der Waals surface area contributed by atoms with Gasteiger partial charge < -0.3 is 20.8 Å². The number of hydrogen-bond donors (Lipinski definition) is 3. The fourth-order valence-corrected chi connectivity index (χ4v) is 4.41. The summed E-state index contributed by atoms with van der Waals surface area (Å²) in [4.78, 5) is 19.9. The number of benzene rings is 2. The summed E-state index contributed by atoms with van der Waals surface area (Å²) in [6, 6.07) is 16.7. The molecule has 0 bridgehead atoms. The molecular formula is C28H30N6O2. The van der Waals surface area contributed by atoms with Crippen molar-refractivity contribution in [3.8, 4) is 6.07 Å². The number of aromatic nitrogens is 1. The summed E-state index contributed by atoms with van der Waals surface area (Å²) < 4.78 is 5.64. The van der Waals surface area contributed by atoms with Crippen LogP contribution in [0.4, 0.5) is 17.1 Å². The zero-order valence-electron chi connectivity index (χ0n) is 20.7. The molecule has 36 heavy (non-hydrogen) atoms. The van der Waals surface area contributed by atoms with Gasteiger partial charge in [-0.15, -0.1) is 0 Å². The zero-order chi connectivity index (χ0) is 25.7. The average Bonchev–Trinajstić information content (AvgIpc) is 2.88. The van der Waals surface area contributed by atoms with Crippen LogP contribution in [0.3, 0.4) is 0 Å². The van der Waals surface area contributed by atoms with E-state index in [2.05, 4.69) is 33.6 Å². The van der Waals surface area contributed by atoms with Gasteiger partial charge in [0.05, 0.1) is 36.6 Å². The largest absolute Gasteiger partial charge is 0.378 e. The molecule has 0 saturated carbocycles. The van der Waals surface area contributed by atoms with Crippen LogP contribution in [-0.4, -0.2) is 48.8 Å². The minimum atomic E-state index is -0.282. The lowest BCUT2D eigenvalue weighted by Crippen LogP contribution is -2.36. The molecule has 8 nitrogen and oxygen atoms in total. The van der Waals surface area contributed by atoms with Crippen molar-refractivity contribution in [1.82, 2.24) is 9.88 Å². The van der Waals surface area contributed by atoms with E-state index < -0.39 is 0 Å². The van der Waals surface area contributed by atoms with Gasteiger partial charge in [0, 0.05) is 47.1 Å².